The molecule has 0 amide bonds. The lowest BCUT2D eigenvalue weighted by molar-refractivity contribution is -0.0214. The number of hydrogen-bond donors (Lipinski definition) is 1. The summed E-state index contributed by atoms with van der Waals surface area (Å²) in [6.07, 6.45) is 16.7. The predicted octanol–water partition coefficient (Wildman–Crippen LogP) is 4.76. The Morgan fingerprint density at radius 3 is 2.00 bits per heavy atom. The maximum Gasteiger partial charge on any atom is 0.0127 e. The lowest BCUT2D eigenvalue weighted by atomic mass is 9.54. The summed E-state index contributed by atoms with van der Waals surface area (Å²) in [6.45, 7) is 2.42. The number of hydrogen-bond acceptors (Lipinski definition) is 1. The van der Waals surface area contributed by atoms with Crippen LogP contribution in [0.2, 0.25) is 0 Å². The van der Waals surface area contributed by atoms with Crippen LogP contribution in [0.1, 0.15) is 77.6 Å². The molecule has 1 unspecified atom stereocenters. The molecule has 1 atom stereocenters. The highest BCUT2D eigenvalue weighted by Gasteiger charge is 2.48. The third-order valence-corrected chi connectivity index (χ3v) is 7.29. The third kappa shape index (κ3) is 2.45. The Hall–Kier alpha value is -0.0400. The van der Waals surface area contributed by atoms with Crippen LogP contribution in [0.25, 0.3) is 0 Å². The van der Waals surface area contributed by atoms with E-state index in [0.717, 1.165) is 41.7 Å². The minimum atomic E-state index is 0.831. The van der Waals surface area contributed by atoms with Crippen LogP contribution in [0, 0.1) is 29.6 Å². The van der Waals surface area contributed by atoms with Gasteiger partial charge in [-0.15, -0.1) is 0 Å². The van der Waals surface area contributed by atoms with Crippen molar-refractivity contribution >= 4 is 0 Å². The van der Waals surface area contributed by atoms with E-state index >= 15 is 0 Å². The molecule has 0 aliphatic heterocycles. The van der Waals surface area contributed by atoms with Crippen LogP contribution in [0.5, 0.6) is 0 Å². The second-order valence-electron chi connectivity index (χ2n) is 8.54. The highest BCUT2D eigenvalue weighted by molar-refractivity contribution is 5.02. The second kappa shape index (κ2) is 5.63. The highest BCUT2D eigenvalue weighted by atomic mass is 15.0. The first kappa shape index (κ1) is 13.6. The van der Waals surface area contributed by atoms with Gasteiger partial charge in [0.15, 0.2) is 0 Å². The largest absolute Gasteiger partial charge is 0.310 e. The van der Waals surface area contributed by atoms with Gasteiger partial charge in [-0.2, -0.15) is 0 Å². The molecule has 4 bridgehead atoms. The van der Waals surface area contributed by atoms with Crippen molar-refractivity contribution in [1.29, 1.82) is 0 Å². The molecule has 5 rings (SSSR count). The average molecular weight is 275 g/mol. The molecular weight excluding hydrogens is 242 g/mol. The Bertz CT molecular complexity index is 303. The molecule has 0 saturated heterocycles. The van der Waals surface area contributed by atoms with Gasteiger partial charge in [-0.05, 0) is 81.0 Å². The molecule has 0 aromatic rings. The molecule has 114 valence electrons. The fourth-order valence-electron chi connectivity index (χ4n) is 6.57. The molecule has 1 nitrogen and oxygen atoms in total. The summed E-state index contributed by atoms with van der Waals surface area (Å²) in [7, 11) is 0. The van der Waals surface area contributed by atoms with Crippen LogP contribution in [0.3, 0.4) is 0 Å². The normalized spacial score (nSPS) is 45.8. The first-order valence-corrected chi connectivity index (χ1v) is 9.59. The van der Waals surface area contributed by atoms with Crippen LogP contribution in [-0.4, -0.2) is 12.1 Å². The Kier molecular flexibility index (Phi) is 3.83. The van der Waals surface area contributed by atoms with Crippen molar-refractivity contribution in [2.75, 3.05) is 0 Å². The van der Waals surface area contributed by atoms with Crippen molar-refractivity contribution in [2.45, 2.75) is 89.6 Å². The Balaban J connectivity index is 1.42. The van der Waals surface area contributed by atoms with Gasteiger partial charge in [0.05, 0.1) is 0 Å². The van der Waals surface area contributed by atoms with E-state index in [1.807, 2.05) is 0 Å². The molecule has 5 aliphatic carbocycles. The molecule has 5 fully saturated rings. The lowest BCUT2D eigenvalue weighted by Gasteiger charge is -2.55. The van der Waals surface area contributed by atoms with Crippen molar-refractivity contribution in [3.8, 4) is 0 Å². The maximum atomic E-state index is 4.22. The maximum absolute atomic E-state index is 4.22. The van der Waals surface area contributed by atoms with E-state index in [2.05, 4.69) is 12.2 Å². The van der Waals surface area contributed by atoms with Gasteiger partial charge in [0.1, 0.15) is 0 Å². The Labute approximate surface area is 125 Å². The first-order chi connectivity index (χ1) is 9.83. The molecule has 20 heavy (non-hydrogen) atoms. The molecule has 0 spiro atoms. The molecule has 1 N–H and O–H groups in total. The quantitative estimate of drug-likeness (QED) is 0.780. The van der Waals surface area contributed by atoms with E-state index < -0.39 is 0 Å². The summed E-state index contributed by atoms with van der Waals surface area (Å²) in [5.41, 5.74) is 0. The van der Waals surface area contributed by atoms with Crippen molar-refractivity contribution < 1.29 is 0 Å². The van der Waals surface area contributed by atoms with Crippen LogP contribution in [0.4, 0.5) is 0 Å². The van der Waals surface area contributed by atoms with E-state index in [1.54, 1.807) is 32.1 Å². The van der Waals surface area contributed by atoms with Crippen molar-refractivity contribution in [3.05, 3.63) is 0 Å². The van der Waals surface area contributed by atoms with Crippen LogP contribution < -0.4 is 5.32 Å². The van der Waals surface area contributed by atoms with Gasteiger partial charge in [-0.25, -0.2) is 0 Å². The lowest BCUT2D eigenvalue weighted by Crippen LogP contribution is -2.57. The minimum absolute atomic E-state index is 0.831. The number of nitrogens with one attached hydrogen (secondary N) is 1. The van der Waals surface area contributed by atoms with Crippen molar-refractivity contribution in [1.82, 2.24) is 5.32 Å². The molecule has 0 aromatic carbocycles. The Morgan fingerprint density at radius 2 is 1.45 bits per heavy atom. The monoisotopic (exact) mass is 275 g/mol. The molecule has 1 heteroatoms. The van der Waals surface area contributed by atoms with Crippen LogP contribution >= 0.6 is 0 Å². The van der Waals surface area contributed by atoms with Gasteiger partial charge in [0.2, 0.25) is 0 Å². The smallest absolute Gasteiger partial charge is 0.0127 e. The van der Waals surface area contributed by atoms with Gasteiger partial charge in [0, 0.05) is 12.1 Å². The SMILES string of the molecule is CCC(NC1C2CC3CC(C2)CC1C3)C1CCCCC1. The fraction of sp³-hybridized carbons (Fsp3) is 1.00. The predicted molar refractivity (Wildman–Crippen MR) is 84.6 cm³/mol. The summed E-state index contributed by atoms with van der Waals surface area (Å²) in [5, 5.41) is 4.22. The molecule has 5 aliphatic rings. The molecule has 0 aromatic heterocycles. The van der Waals surface area contributed by atoms with E-state index in [1.165, 1.54) is 38.5 Å². The summed E-state index contributed by atoms with van der Waals surface area (Å²) < 4.78 is 0. The van der Waals surface area contributed by atoms with E-state index in [9.17, 15) is 0 Å². The van der Waals surface area contributed by atoms with Crippen molar-refractivity contribution in [2.24, 2.45) is 29.6 Å². The van der Waals surface area contributed by atoms with Gasteiger partial charge >= 0.3 is 0 Å². The topological polar surface area (TPSA) is 12.0 Å². The van der Waals surface area contributed by atoms with E-state index in [4.69, 9.17) is 0 Å². The van der Waals surface area contributed by atoms with Gasteiger partial charge < -0.3 is 5.32 Å². The van der Waals surface area contributed by atoms with Crippen molar-refractivity contribution in [3.63, 3.8) is 0 Å². The minimum Gasteiger partial charge on any atom is -0.310 e. The van der Waals surface area contributed by atoms with E-state index in [0.29, 0.717) is 0 Å². The molecular formula is C19H33N. The molecule has 0 heterocycles. The number of rotatable bonds is 4. The molecule has 5 saturated carbocycles. The average Bonchev–Trinajstić information content (AvgIpc) is 2.47. The first-order valence-electron chi connectivity index (χ1n) is 9.59. The summed E-state index contributed by atoms with van der Waals surface area (Å²) in [4.78, 5) is 0. The second-order valence-corrected chi connectivity index (χ2v) is 8.54. The molecule has 0 radical (unpaired) electrons. The van der Waals surface area contributed by atoms with E-state index in [-0.39, 0.29) is 0 Å². The van der Waals surface area contributed by atoms with Gasteiger partial charge in [-0.3, -0.25) is 0 Å². The van der Waals surface area contributed by atoms with Crippen LogP contribution in [-0.2, 0) is 0 Å². The van der Waals surface area contributed by atoms with Gasteiger partial charge in [0.25, 0.3) is 0 Å². The fourth-order valence-corrected chi connectivity index (χ4v) is 6.57. The summed E-state index contributed by atoms with van der Waals surface area (Å²) in [5.74, 6) is 5.31. The Morgan fingerprint density at radius 1 is 0.850 bits per heavy atom. The zero-order valence-corrected chi connectivity index (χ0v) is 13.3. The zero-order chi connectivity index (χ0) is 13.5. The zero-order valence-electron chi connectivity index (χ0n) is 13.3. The van der Waals surface area contributed by atoms with Gasteiger partial charge in [-0.1, -0.05) is 26.2 Å². The highest BCUT2D eigenvalue weighted by Crippen LogP contribution is 2.54. The summed E-state index contributed by atoms with van der Waals surface area (Å²) in [6, 6.07) is 1.73. The van der Waals surface area contributed by atoms with Crippen LogP contribution in [0.15, 0.2) is 0 Å². The third-order valence-electron chi connectivity index (χ3n) is 7.29. The summed E-state index contributed by atoms with van der Waals surface area (Å²) >= 11 is 0. The standard InChI is InChI=1S/C19H33N/c1-2-18(15-6-4-3-5-7-15)20-19-16-9-13-8-14(11-16)12-17(19)10-13/h13-20H,2-12H2,1H3.